The maximum absolute atomic E-state index is 12.4. The van der Waals surface area contributed by atoms with Gasteiger partial charge in [0.15, 0.2) is 0 Å². The number of sulfonamides is 1. The van der Waals surface area contributed by atoms with Crippen LogP contribution in [-0.4, -0.2) is 35.3 Å². The fourth-order valence-corrected chi connectivity index (χ4v) is 3.30. The van der Waals surface area contributed by atoms with Gasteiger partial charge < -0.3 is 15.2 Å². The Balaban J connectivity index is 3.13. The van der Waals surface area contributed by atoms with Crippen molar-refractivity contribution in [1.82, 2.24) is 4.72 Å². The molecular weight excluding hydrogens is 280 g/mol. The van der Waals surface area contributed by atoms with Crippen LogP contribution in [0.1, 0.15) is 18.9 Å². The minimum absolute atomic E-state index is 0.0949. The molecule has 7 heteroatoms. The van der Waals surface area contributed by atoms with E-state index < -0.39 is 10.0 Å². The Morgan fingerprint density at radius 1 is 1.35 bits per heavy atom. The molecule has 1 aromatic rings. The highest BCUT2D eigenvalue weighted by molar-refractivity contribution is 7.89. The number of nitrogens with two attached hydrogens (primary N) is 1. The topological polar surface area (TPSA) is 90.7 Å². The summed E-state index contributed by atoms with van der Waals surface area (Å²) in [6.45, 7) is 2.47. The molecule has 6 nitrogen and oxygen atoms in total. The van der Waals surface area contributed by atoms with Gasteiger partial charge in [-0.15, -0.1) is 0 Å². The number of benzene rings is 1. The number of hydrogen-bond donors (Lipinski definition) is 2. The third-order valence-corrected chi connectivity index (χ3v) is 4.48. The molecule has 3 N–H and O–H groups in total. The van der Waals surface area contributed by atoms with Gasteiger partial charge in [-0.3, -0.25) is 0 Å². The molecule has 0 fully saturated rings. The van der Waals surface area contributed by atoms with Gasteiger partial charge in [0.25, 0.3) is 0 Å². The van der Waals surface area contributed by atoms with E-state index in [1.807, 2.05) is 6.92 Å². The zero-order valence-corrected chi connectivity index (χ0v) is 12.9. The summed E-state index contributed by atoms with van der Waals surface area (Å²) in [5.74, 6) is 0.293. The second kappa shape index (κ2) is 7.58. The lowest BCUT2D eigenvalue weighted by Gasteiger charge is -2.18. The van der Waals surface area contributed by atoms with Gasteiger partial charge in [-0.1, -0.05) is 13.0 Å². The molecule has 0 aliphatic rings. The fraction of sp³-hybridized carbons (Fsp3) is 0.538. The summed E-state index contributed by atoms with van der Waals surface area (Å²) in [5.41, 5.74) is 6.28. The Morgan fingerprint density at radius 2 is 2.05 bits per heavy atom. The van der Waals surface area contributed by atoms with Crippen LogP contribution < -0.4 is 15.2 Å². The maximum atomic E-state index is 12.4. The normalized spacial score (nSPS) is 13.2. The van der Waals surface area contributed by atoms with E-state index in [0.717, 1.165) is 5.56 Å². The monoisotopic (exact) mass is 302 g/mol. The van der Waals surface area contributed by atoms with E-state index in [9.17, 15) is 8.42 Å². The Bertz CT molecular complexity index is 531. The van der Waals surface area contributed by atoms with Crippen LogP contribution in [0, 0.1) is 0 Å². The average molecular weight is 302 g/mol. The molecule has 0 spiro atoms. The predicted molar refractivity (Wildman–Crippen MR) is 77.2 cm³/mol. The molecule has 1 atom stereocenters. The van der Waals surface area contributed by atoms with Crippen molar-refractivity contribution < 1.29 is 17.9 Å². The number of ether oxygens (including phenoxy) is 2. The van der Waals surface area contributed by atoms with E-state index in [1.165, 1.54) is 20.3 Å². The zero-order chi connectivity index (χ0) is 15.2. The summed E-state index contributed by atoms with van der Waals surface area (Å²) in [6.07, 6.45) is 0.631. The first-order valence-electron chi connectivity index (χ1n) is 6.36. The second-order valence-electron chi connectivity index (χ2n) is 4.37. The van der Waals surface area contributed by atoms with Gasteiger partial charge in [0, 0.05) is 19.7 Å². The first kappa shape index (κ1) is 16.9. The van der Waals surface area contributed by atoms with Crippen molar-refractivity contribution in [2.45, 2.75) is 30.8 Å². The standard InChI is InChI=1S/C13H22N2O4S/c1-4-11(9-18-2)15-20(16,17)13-7-10(8-14)5-6-12(13)19-3/h5-7,11,15H,4,8-9,14H2,1-3H3. The lowest BCUT2D eigenvalue weighted by atomic mass is 10.2. The Labute approximate surface area is 120 Å². The molecular formula is C13H22N2O4S. The van der Waals surface area contributed by atoms with Crippen LogP contribution in [-0.2, 0) is 21.3 Å². The molecule has 0 amide bonds. The van der Waals surface area contributed by atoms with Crippen LogP contribution in [0.5, 0.6) is 5.75 Å². The third kappa shape index (κ3) is 4.17. The molecule has 1 unspecified atom stereocenters. The molecule has 0 saturated carbocycles. The second-order valence-corrected chi connectivity index (χ2v) is 6.05. The summed E-state index contributed by atoms with van der Waals surface area (Å²) >= 11 is 0. The summed E-state index contributed by atoms with van der Waals surface area (Å²) in [6, 6.07) is 4.59. The lowest BCUT2D eigenvalue weighted by Crippen LogP contribution is -2.37. The fourth-order valence-electron chi connectivity index (χ4n) is 1.78. The molecule has 1 rings (SSSR count). The largest absolute Gasteiger partial charge is 0.495 e. The molecule has 0 saturated heterocycles. The highest BCUT2D eigenvalue weighted by Crippen LogP contribution is 2.25. The van der Waals surface area contributed by atoms with Crippen molar-refractivity contribution in [3.05, 3.63) is 23.8 Å². The molecule has 114 valence electrons. The van der Waals surface area contributed by atoms with E-state index in [0.29, 0.717) is 18.8 Å². The van der Waals surface area contributed by atoms with Gasteiger partial charge in [-0.05, 0) is 24.1 Å². The van der Waals surface area contributed by atoms with Gasteiger partial charge in [-0.25, -0.2) is 13.1 Å². The van der Waals surface area contributed by atoms with Crippen LogP contribution in [0.3, 0.4) is 0 Å². The number of hydrogen-bond acceptors (Lipinski definition) is 5. The van der Waals surface area contributed by atoms with Crippen molar-refractivity contribution in [2.24, 2.45) is 5.73 Å². The minimum Gasteiger partial charge on any atom is -0.495 e. The maximum Gasteiger partial charge on any atom is 0.244 e. The SMILES string of the molecule is CCC(COC)NS(=O)(=O)c1cc(CN)ccc1OC. The molecule has 0 radical (unpaired) electrons. The highest BCUT2D eigenvalue weighted by Gasteiger charge is 2.23. The van der Waals surface area contributed by atoms with Crippen molar-refractivity contribution in [3.63, 3.8) is 0 Å². The molecule has 0 heterocycles. The van der Waals surface area contributed by atoms with Crippen LogP contribution in [0.2, 0.25) is 0 Å². The van der Waals surface area contributed by atoms with Crippen molar-refractivity contribution in [2.75, 3.05) is 20.8 Å². The molecule has 20 heavy (non-hydrogen) atoms. The number of nitrogens with one attached hydrogen (secondary N) is 1. The molecule has 1 aromatic carbocycles. The summed E-state index contributed by atoms with van der Waals surface area (Å²) in [7, 11) is -0.712. The number of methoxy groups -OCH3 is 2. The van der Waals surface area contributed by atoms with Gasteiger partial charge >= 0.3 is 0 Å². The zero-order valence-electron chi connectivity index (χ0n) is 12.0. The van der Waals surface area contributed by atoms with E-state index in [2.05, 4.69) is 4.72 Å². The first-order valence-corrected chi connectivity index (χ1v) is 7.85. The van der Waals surface area contributed by atoms with Gasteiger partial charge in [0.2, 0.25) is 10.0 Å². The summed E-state index contributed by atoms with van der Waals surface area (Å²) in [5, 5.41) is 0. The third-order valence-electron chi connectivity index (χ3n) is 2.94. The van der Waals surface area contributed by atoms with E-state index in [-0.39, 0.29) is 17.5 Å². The highest BCUT2D eigenvalue weighted by atomic mass is 32.2. The number of rotatable bonds is 8. The first-order chi connectivity index (χ1) is 9.48. The van der Waals surface area contributed by atoms with E-state index in [4.69, 9.17) is 15.2 Å². The van der Waals surface area contributed by atoms with Gasteiger partial charge in [-0.2, -0.15) is 0 Å². The van der Waals surface area contributed by atoms with Crippen LogP contribution >= 0.6 is 0 Å². The molecule has 0 bridgehead atoms. The van der Waals surface area contributed by atoms with E-state index >= 15 is 0 Å². The van der Waals surface area contributed by atoms with Gasteiger partial charge in [0.05, 0.1) is 13.7 Å². The molecule has 0 aliphatic carbocycles. The lowest BCUT2D eigenvalue weighted by molar-refractivity contribution is 0.173. The minimum atomic E-state index is -3.68. The summed E-state index contributed by atoms with van der Waals surface area (Å²) < 4.78 is 37.6. The summed E-state index contributed by atoms with van der Waals surface area (Å²) in [4.78, 5) is 0.0949. The smallest absolute Gasteiger partial charge is 0.244 e. The van der Waals surface area contributed by atoms with Crippen molar-refractivity contribution in [3.8, 4) is 5.75 Å². The molecule has 0 aliphatic heterocycles. The van der Waals surface area contributed by atoms with Crippen LogP contribution in [0.15, 0.2) is 23.1 Å². The quantitative estimate of drug-likeness (QED) is 0.743. The Morgan fingerprint density at radius 3 is 2.55 bits per heavy atom. The average Bonchev–Trinajstić information content (AvgIpc) is 2.45. The Kier molecular flexibility index (Phi) is 6.41. The Hall–Kier alpha value is -1.15. The van der Waals surface area contributed by atoms with E-state index in [1.54, 1.807) is 12.1 Å². The van der Waals surface area contributed by atoms with Crippen molar-refractivity contribution >= 4 is 10.0 Å². The van der Waals surface area contributed by atoms with Crippen LogP contribution in [0.25, 0.3) is 0 Å². The van der Waals surface area contributed by atoms with Gasteiger partial charge in [0.1, 0.15) is 10.6 Å². The van der Waals surface area contributed by atoms with Crippen molar-refractivity contribution in [1.29, 1.82) is 0 Å². The van der Waals surface area contributed by atoms with Crippen LogP contribution in [0.4, 0.5) is 0 Å². The molecule has 0 aromatic heterocycles. The predicted octanol–water partition coefficient (Wildman–Crippen LogP) is 0.857.